The molecule has 1 heterocycles. The Kier molecular flexibility index (Phi) is 4.58. The topological polar surface area (TPSA) is 57.2 Å². The van der Waals surface area contributed by atoms with Gasteiger partial charge in [-0.05, 0) is 38.5 Å². The Balaban J connectivity index is 2.12. The maximum absolute atomic E-state index is 12.2. The summed E-state index contributed by atoms with van der Waals surface area (Å²) in [7, 11) is 0. The van der Waals surface area contributed by atoms with Gasteiger partial charge >= 0.3 is 5.97 Å². The van der Waals surface area contributed by atoms with Gasteiger partial charge in [0.05, 0.1) is 5.69 Å². The van der Waals surface area contributed by atoms with Crippen LogP contribution in [-0.2, 0) is 11.3 Å². The van der Waals surface area contributed by atoms with Crippen molar-refractivity contribution >= 4 is 23.3 Å². The number of anilines is 1. The van der Waals surface area contributed by atoms with Crippen LogP contribution >= 0.6 is 11.6 Å². The molecule has 0 amide bonds. The van der Waals surface area contributed by atoms with Crippen molar-refractivity contribution in [1.82, 2.24) is 4.57 Å². The largest absolute Gasteiger partial charge is 0.456 e. The van der Waals surface area contributed by atoms with Gasteiger partial charge in [0.25, 0.3) is 0 Å². The molecular formula is C16H19ClN2O2. The zero-order valence-corrected chi connectivity index (χ0v) is 13.1. The second-order valence-corrected chi connectivity index (χ2v) is 5.74. The zero-order valence-electron chi connectivity index (χ0n) is 12.4. The van der Waals surface area contributed by atoms with E-state index in [0.29, 0.717) is 16.4 Å². The Morgan fingerprint density at radius 3 is 2.71 bits per heavy atom. The molecule has 0 fully saturated rings. The summed E-state index contributed by atoms with van der Waals surface area (Å²) < 4.78 is 7.14. The van der Waals surface area contributed by atoms with E-state index in [-0.39, 0.29) is 12.6 Å². The van der Waals surface area contributed by atoms with Crippen molar-refractivity contribution < 1.29 is 9.53 Å². The second-order valence-electron chi connectivity index (χ2n) is 5.33. The first-order valence-corrected chi connectivity index (χ1v) is 7.15. The van der Waals surface area contributed by atoms with Crippen molar-refractivity contribution in [2.75, 3.05) is 5.73 Å². The summed E-state index contributed by atoms with van der Waals surface area (Å²) in [5.41, 5.74) is 8.60. The van der Waals surface area contributed by atoms with E-state index in [9.17, 15) is 4.79 Å². The Morgan fingerprint density at radius 1 is 1.38 bits per heavy atom. The van der Waals surface area contributed by atoms with Crippen molar-refractivity contribution in [3.8, 4) is 0 Å². The van der Waals surface area contributed by atoms with E-state index in [0.717, 1.165) is 11.1 Å². The quantitative estimate of drug-likeness (QED) is 0.870. The molecule has 0 bridgehead atoms. The number of nitrogens with zero attached hydrogens (tertiary/aromatic N) is 1. The van der Waals surface area contributed by atoms with Gasteiger partial charge in [0.2, 0.25) is 0 Å². The standard InChI is InChI=1S/C16H19ClN2O2/c1-10(2)19-8-13(18)7-15(19)16(20)21-9-12-5-4-11(3)6-14(12)17/h4-8,10H,9,18H2,1-3H3. The van der Waals surface area contributed by atoms with E-state index >= 15 is 0 Å². The fraction of sp³-hybridized carbons (Fsp3) is 0.312. The van der Waals surface area contributed by atoms with Crippen LogP contribution in [0, 0.1) is 6.92 Å². The van der Waals surface area contributed by atoms with Crippen LogP contribution in [0.3, 0.4) is 0 Å². The number of benzene rings is 1. The van der Waals surface area contributed by atoms with E-state index in [2.05, 4.69) is 0 Å². The minimum atomic E-state index is -0.406. The van der Waals surface area contributed by atoms with Gasteiger partial charge in [-0.25, -0.2) is 4.79 Å². The first-order chi connectivity index (χ1) is 9.88. The van der Waals surface area contributed by atoms with Gasteiger partial charge < -0.3 is 15.0 Å². The molecular weight excluding hydrogens is 288 g/mol. The Morgan fingerprint density at radius 2 is 2.10 bits per heavy atom. The van der Waals surface area contributed by atoms with Gasteiger partial charge in [-0.2, -0.15) is 0 Å². The summed E-state index contributed by atoms with van der Waals surface area (Å²) in [6, 6.07) is 7.40. The summed E-state index contributed by atoms with van der Waals surface area (Å²) in [4.78, 5) is 12.2. The van der Waals surface area contributed by atoms with Gasteiger partial charge in [-0.1, -0.05) is 23.7 Å². The predicted octanol–water partition coefficient (Wildman–Crippen LogP) is 3.97. The maximum atomic E-state index is 12.2. The van der Waals surface area contributed by atoms with Gasteiger partial charge in [-0.15, -0.1) is 0 Å². The third-order valence-corrected chi connectivity index (χ3v) is 3.55. The van der Waals surface area contributed by atoms with Crippen molar-refractivity contribution in [2.45, 2.75) is 33.4 Å². The highest BCUT2D eigenvalue weighted by atomic mass is 35.5. The molecule has 21 heavy (non-hydrogen) atoms. The molecule has 4 nitrogen and oxygen atoms in total. The van der Waals surface area contributed by atoms with Crippen molar-refractivity contribution in [2.24, 2.45) is 0 Å². The molecule has 2 N–H and O–H groups in total. The lowest BCUT2D eigenvalue weighted by atomic mass is 10.2. The SMILES string of the molecule is Cc1ccc(COC(=O)c2cc(N)cn2C(C)C)c(Cl)c1. The first-order valence-electron chi connectivity index (χ1n) is 6.78. The van der Waals surface area contributed by atoms with Gasteiger partial charge in [0.1, 0.15) is 12.3 Å². The molecule has 0 spiro atoms. The van der Waals surface area contributed by atoms with Crippen LogP contribution in [0.4, 0.5) is 5.69 Å². The highest BCUT2D eigenvalue weighted by Crippen LogP contribution is 2.21. The van der Waals surface area contributed by atoms with Crippen LogP contribution in [-0.4, -0.2) is 10.5 Å². The number of nitrogen functional groups attached to an aromatic ring is 1. The monoisotopic (exact) mass is 306 g/mol. The normalized spacial score (nSPS) is 10.9. The van der Waals surface area contributed by atoms with E-state index in [1.54, 1.807) is 16.8 Å². The van der Waals surface area contributed by atoms with Crippen molar-refractivity contribution in [1.29, 1.82) is 0 Å². The molecule has 1 aromatic heterocycles. The molecule has 2 rings (SSSR count). The number of halogens is 1. The predicted molar refractivity (Wildman–Crippen MR) is 84.5 cm³/mol. The molecule has 0 saturated heterocycles. The number of carbonyl (C=O) groups excluding carboxylic acids is 1. The molecule has 0 aliphatic rings. The molecule has 0 atom stereocenters. The molecule has 0 aliphatic carbocycles. The minimum absolute atomic E-state index is 0.132. The third-order valence-electron chi connectivity index (χ3n) is 3.20. The molecule has 1 aromatic carbocycles. The Labute approximate surface area is 129 Å². The fourth-order valence-electron chi connectivity index (χ4n) is 2.08. The lowest BCUT2D eigenvalue weighted by molar-refractivity contribution is 0.0458. The second kappa shape index (κ2) is 6.22. The highest BCUT2D eigenvalue weighted by molar-refractivity contribution is 6.31. The summed E-state index contributed by atoms with van der Waals surface area (Å²) in [5, 5.41) is 0.599. The van der Waals surface area contributed by atoms with Crippen LogP contribution in [0.5, 0.6) is 0 Å². The molecule has 0 saturated carbocycles. The highest BCUT2D eigenvalue weighted by Gasteiger charge is 2.16. The molecule has 2 aromatic rings. The smallest absolute Gasteiger partial charge is 0.355 e. The van der Waals surface area contributed by atoms with E-state index < -0.39 is 5.97 Å². The number of nitrogens with two attached hydrogens (primary N) is 1. The number of esters is 1. The molecule has 5 heteroatoms. The summed E-state index contributed by atoms with van der Waals surface area (Å²) in [6.45, 7) is 6.06. The van der Waals surface area contributed by atoms with Crippen molar-refractivity contribution in [3.05, 3.63) is 52.3 Å². The fourth-order valence-corrected chi connectivity index (χ4v) is 2.37. The molecule has 0 unspecified atom stereocenters. The minimum Gasteiger partial charge on any atom is -0.456 e. The lowest BCUT2D eigenvalue weighted by Gasteiger charge is -2.12. The van der Waals surface area contributed by atoms with E-state index in [1.165, 1.54) is 0 Å². The number of hydrogen-bond acceptors (Lipinski definition) is 3. The number of aromatic nitrogens is 1. The molecule has 0 aliphatic heterocycles. The van der Waals surface area contributed by atoms with Crippen molar-refractivity contribution in [3.63, 3.8) is 0 Å². The van der Waals surface area contributed by atoms with E-state index in [4.69, 9.17) is 22.1 Å². The summed E-state index contributed by atoms with van der Waals surface area (Å²) >= 11 is 6.13. The third kappa shape index (κ3) is 3.58. The summed E-state index contributed by atoms with van der Waals surface area (Å²) in [5.74, 6) is -0.406. The molecule has 112 valence electrons. The Bertz CT molecular complexity index is 662. The van der Waals surface area contributed by atoms with Crippen LogP contribution in [0.25, 0.3) is 0 Å². The number of aryl methyl sites for hydroxylation is 1. The van der Waals surface area contributed by atoms with Gasteiger partial charge in [0, 0.05) is 22.8 Å². The van der Waals surface area contributed by atoms with Crippen LogP contribution < -0.4 is 5.73 Å². The number of hydrogen-bond donors (Lipinski definition) is 1. The maximum Gasteiger partial charge on any atom is 0.355 e. The average Bonchev–Trinajstić information content (AvgIpc) is 2.80. The number of carbonyl (C=O) groups is 1. The van der Waals surface area contributed by atoms with Crippen LogP contribution in [0.15, 0.2) is 30.5 Å². The average molecular weight is 307 g/mol. The van der Waals surface area contributed by atoms with Gasteiger partial charge in [-0.3, -0.25) is 0 Å². The van der Waals surface area contributed by atoms with Crippen LogP contribution in [0.1, 0.15) is 41.5 Å². The molecule has 0 radical (unpaired) electrons. The van der Waals surface area contributed by atoms with E-state index in [1.807, 2.05) is 39.0 Å². The lowest BCUT2D eigenvalue weighted by Crippen LogP contribution is -2.13. The van der Waals surface area contributed by atoms with Gasteiger partial charge in [0.15, 0.2) is 0 Å². The van der Waals surface area contributed by atoms with Crippen LogP contribution in [0.2, 0.25) is 5.02 Å². The number of ether oxygens (including phenoxy) is 1. The number of rotatable bonds is 4. The zero-order chi connectivity index (χ0) is 15.6. The first kappa shape index (κ1) is 15.4. The Hall–Kier alpha value is -1.94. The summed E-state index contributed by atoms with van der Waals surface area (Å²) in [6.07, 6.45) is 1.74.